The lowest BCUT2D eigenvalue weighted by atomic mass is 9.83. The van der Waals surface area contributed by atoms with E-state index < -0.39 is 35.9 Å². The number of aryl methyl sites for hydroxylation is 1. The largest absolute Gasteiger partial charge is 0.497 e. The fourth-order valence-electron chi connectivity index (χ4n) is 4.30. The molecule has 0 bridgehead atoms. The molecule has 0 aliphatic carbocycles. The molecule has 1 aliphatic rings. The summed E-state index contributed by atoms with van der Waals surface area (Å²) in [5.74, 6) is -1.69. The Bertz CT molecular complexity index is 1110. The third kappa shape index (κ3) is 4.78. The number of nitrogens with one attached hydrogen (secondary N) is 1. The molecule has 2 atom stereocenters. The number of ether oxygens (including phenoxy) is 1. The van der Waals surface area contributed by atoms with Crippen LogP contribution in [-0.2, 0) is 16.0 Å². The number of carbonyl (C=O) groups is 3. The highest BCUT2D eigenvalue weighted by atomic mass is 16.5. The van der Waals surface area contributed by atoms with Crippen LogP contribution in [0.25, 0.3) is 0 Å². The maximum Gasteiger partial charge on any atom is 0.327 e. The maximum absolute atomic E-state index is 13.1. The highest BCUT2D eigenvalue weighted by Gasteiger charge is 2.54. The van der Waals surface area contributed by atoms with Crippen LogP contribution in [0.4, 0.5) is 4.79 Å². The monoisotopic (exact) mass is 458 g/mol. The van der Waals surface area contributed by atoms with E-state index in [2.05, 4.69) is 5.32 Å². The van der Waals surface area contributed by atoms with Crippen LogP contribution < -0.4 is 10.1 Å². The minimum Gasteiger partial charge on any atom is -0.497 e. The highest BCUT2D eigenvalue weighted by molar-refractivity contribution is 6.07. The summed E-state index contributed by atoms with van der Waals surface area (Å²) < 4.78 is 5.15. The van der Waals surface area contributed by atoms with Gasteiger partial charge in [0, 0.05) is 0 Å². The van der Waals surface area contributed by atoms with Gasteiger partial charge < -0.3 is 15.2 Å². The van der Waals surface area contributed by atoms with Gasteiger partial charge in [0.2, 0.25) is 5.91 Å². The summed E-state index contributed by atoms with van der Waals surface area (Å²) in [6.07, 6.45) is 0.864. The van der Waals surface area contributed by atoms with Gasteiger partial charge in [-0.15, -0.1) is 0 Å². The van der Waals surface area contributed by atoms with Crippen LogP contribution in [0.3, 0.4) is 0 Å². The van der Waals surface area contributed by atoms with Gasteiger partial charge in [-0.25, -0.2) is 14.5 Å². The zero-order valence-electron chi connectivity index (χ0n) is 18.8. The molecular formula is C27H26N2O5. The van der Waals surface area contributed by atoms with Gasteiger partial charge in [-0.1, -0.05) is 72.8 Å². The first-order valence-corrected chi connectivity index (χ1v) is 11.1. The second kappa shape index (κ2) is 10.2. The summed E-state index contributed by atoms with van der Waals surface area (Å²) in [7, 11) is 1.58. The van der Waals surface area contributed by atoms with E-state index in [-0.39, 0.29) is 0 Å². The molecule has 7 nitrogen and oxygen atoms in total. The number of carboxylic acid groups (broad SMARTS) is 1. The second-order valence-electron chi connectivity index (χ2n) is 8.19. The standard InChI is InChI=1S/C27H26N2O5/c1-34-21-15-12-18(13-16-21)14-17-22-24(26(31)32)29(25(22)30)27(33)28-23(19-8-4-2-5-9-19)20-10-6-3-7-11-20/h2-13,15-16,22-24H,14,17H2,1H3,(H,28,33)(H,31,32). The minimum absolute atomic E-state index is 0.340. The number of rotatable bonds is 8. The lowest BCUT2D eigenvalue weighted by molar-refractivity contribution is -0.166. The van der Waals surface area contributed by atoms with E-state index in [0.29, 0.717) is 12.8 Å². The Morgan fingerprint density at radius 1 is 0.941 bits per heavy atom. The van der Waals surface area contributed by atoms with E-state index in [1.165, 1.54) is 0 Å². The van der Waals surface area contributed by atoms with Crippen molar-refractivity contribution < 1.29 is 24.2 Å². The number of methoxy groups -OCH3 is 1. The van der Waals surface area contributed by atoms with Crippen molar-refractivity contribution in [1.29, 1.82) is 0 Å². The van der Waals surface area contributed by atoms with E-state index in [0.717, 1.165) is 27.3 Å². The van der Waals surface area contributed by atoms with Crippen molar-refractivity contribution in [1.82, 2.24) is 10.2 Å². The number of nitrogens with zero attached hydrogens (tertiary/aromatic N) is 1. The molecule has 3 aromatic carbocycles. The van der Waals surface area contributed by atoms with Gasteiger partial charge in [0.25, 0.3) is 0 Å². The minimum atomic E-state index is -1.20. The van der Waals surface area contributed by atoms with Gasteiger partial charge in [-0.3, -0.25) is 4.79 Å². The van der Waals surface area contributed by atoms with Gasteiger partial charge in [-0.05, 0) is 41.7 Å². The summed E-state index contributed by atoms with van der Waals surface area (Å²) in [4.78, 5) is 38.8. The Morgan fingerprint density at radius 3 is 2.00 bits per heavy atom. The zero-order valence-corrected chi connectivity index (χ0v) is 18.8. The number of benzene rings is 3. The molecule has 0 spiro atoms. The molecular weight excluding hydrogens is 432 g/mol. The van der Waals surface area contributed by atoms with Crippen LogP contribution in [0, 0.1) is 5.92 Å². The van der Waals surface area contributed by atoms with E-state index in [1.54, 1.807) is 7.11 Å². The lowest BCUT2D eigenvalue weighted by Gasteiger charge is -2.43. The van der Waals surface area contributed by atoms with Crippen molar-refractivity contribution in [3.05, 3.63) is 102 Å². The van der Waals surface area contributed by atoms with E-state index in [9.17, 15) is 19.5 Å². The Labute approximate surface area is 198 Å². The van der Waals surface area contributed by atoms with Gasteiger partial charge >= 0.3 is 12.0 Å². The number of carboxylic acids is 1. The summed E-state index contributed by atoms with van der Waals surface area (Å²) in [5.41, 5.74) is 2.63. The molecule has 2 N–H and O–H groups in total. The van der Waals surface area contributed by atoms with E-state index >= 15 is 0 Å². The maximum atomic E-state index is 13.1. The van der Waals surface area contributed by atoms with E-state index in [4.69, 9.17) is 4.74 Å². The third-order valence-electron chi connectivity index (χ3n) is 6.12. The fraction of sp³-hybridized carbons (Fsp3) is 0.222. The molecule has 174 valence electrons. The summed E-state index contributed by atoms with van der Waals surface area (Å²) in [6.45, 7) is 0. The summed E-state index contributed by atoms with van der Waals surface area (Å²) >= 11 is 0. The molecule has 1 saturated heterocycles. The molecule has 3 amide bonds. The fourth-order valence-corrected chi connectivity index (χ4v) is 4.30. The first-order valence-electron chi connectivity index (χ1n) is 11.1. The van der Waals surface area contributed by atoms with Crippen molar-refractivity contribution in [2.75, 3.05) is 7.11 Å². The van der Waals surface area contributed by atoms with Crippen LogP contribution in [-0.4, -0.2) is 41.1 Å². The van der Waals surface area contributed by atoms with Crippen LogP contribution in [0.15, 0.2) is 84.9 Å². The first kappa shape index (κ1) is 23.0. The SMILES string of the molecule is COc1ccc(CCC2C(=O)N(C(=O)NC(c3ccccc3)c3ccccc3)C2C(=O)O)cc1. The van der Waals surface area contributed by atoms with Crippen LogP contribution in [0.1, 0.15) is 29.2 Å². The molecule has 34 heavy (non-hydrogen) atoms. The van der Waals surface area contributed by atoms with Gasteiger partial charge in [0.05, 0.1) is 19.1 Å². The number of amides is 3. The number of likely N-dealkylation sites (tertiary alicyclic amines) is 1. The molecule has 3 aromatic rings. The molecule has 1 aliphatic heterocycles. The van der Waals surface area contributed by atoms with Gasteiger partial charge in [0.15, 0.2) is 6.04 Å². The van der Waals surface area contributed by atoms with Crippen molar-refractivity contribution in [2.24, 2.45) is 5.92 Å². The Morgan fingerprint density at radius 2 is 1.50 bits per heavy atom. The number of carbonyl (C=O) groups excluding carboxylic acids is 2. The molecule has 0 aromatic heterocycles. The predicted molar refractivity (Wildman–Crippen MR) is 126 cm³/mol. The summed E-state index contributed by atoms with van der Waals surface area (Å²) in [6, 6.07) is 23.7. The lowest BCUT2D eigenvalue weighted by Crippen LogP contribution is -2.68. The number of aliphatic carboxylic acids is 1. The Kier molecular flexibility index (Phi) is 6.92. The van der Waals surface area contributed by atoms with Crippen LogP contribution in [0.2, 0.25) is 0 Å². The van der Waals surface area contributed by atoms with Crippen molar-refractivity contribution in [2.45, 2.75) is 24.9 Å². The summed E-state index contributed by atoms with van der Waals surface area (Å²) in [5, 5.41) is 12.6. The second-order valence-corrected chi connectivity index (χ2v) is 8.19. The van der Waals surface area contributed by atoms with Crippen LogP contribution >= 0.6 is 0 Å². The first-order chi connectivity index (χ1) is 16.5. The molecule has 1 heterocycles. The highest BCUT2D eigenvalue weighted by Crippen LogP contribution is 2.32. The normalized spacial score (nSPS) is 17.2. The molecule has 7 heteroatoms. The van der Waals surface area contributed by atoms with Crippen molar-refractivity contribution >= 4 is 17.9 Å². The third-order valence-corrected chi connectivity index (χ3v) is 6.12. The average molecular weight is 459 g/mol. The van der Waals surface area contributed by atoms with Gasteiger partial charge in [0.1, 0.15) is 5.75 Å². The average Bonchev–Trinajstić information content (AvgIpc) is 2.87. The van der Waals surface area contributed by atoms with Gasteiger partial charge in [-0.2, -0.15) is 0 Å². The molecule has 4 rings (SSSR count). The Balaban J connectivity index is 1.48. The number of imide groups is 1. The zero-order chi connectivity index (χ0) is 24.1. The predicted octanol–water partition coefficient (Wildman–Crippen LogP) is 4.04. The van der Waals surface area contributed by atoms with Crippen molar-refractivity contribution in [3.63, 3.8) is 0 Å². The molecule has 1 fully saturated rings. The number of hydrogen-bond acceptors (Lipinski definition) is 4. The molecule has 0 radical (unpaired) electrons. The molecule has 2 unspecified atom stereocenters. The smallest absolute Gasteiger partial charge is 0.327 e. The number of β-lactam (4-membered cyclic amide) rings is 1. The topological polar surface area (TPSA) is 95.9 Å². The Hall–Kier alpha value is -4.13. The quantitative estimate of drug-likeness (QED) is 0.497. The van der Waals surface area contributed by atoms with Crippen molar-refractivity contribution in [3.8, 4) is 5.75 Å². The van der Waals surface area contributed by atoms with E-state index in [1.807, 2.05) is 84.9 Å². The number of hydrogen-bond donors (Lipinski definition) is 2. The molecule has 0 saturated carbocycles. The number of urea groups is 1. The van der Waals surface area contributed by atoms with Crippen LogP contribution in [0.5, 0.6) is 5.75 Å².